The molecule has 0 spiro atoms. The molecule has 0 radical (unpaired) electrons. The molecule has 5 heteroatoms. The number of carbonyl (C=O) groups excluding carboxylic acids is 3. The number of ether oxygens (including phenoxy) is 2. The van der Waals surface area contributed by atoms with E-state index in [1.807, 2.05) is 27.7 Å². The second kappa shape index (κ2) is 8.96. The molecule has 1 aliphatic rings. The van der Waals surface area contributed by atoms with Gasteiger partial charge in [-0.25, -0.2) is 0 Å². The van der Waals surface area contributed by atoms with Crippen LogP contribution in [0.15, 0.2) is 24.0 Å². The first-order valence-corrected chi connectivity index (χ1v) is 9.58. The molecule has 0 saturated carbocycles. The Balaban J connectivity index is 3.02. The SMILES string of the molecule is C=C[C@@H](OC(C)(C)C)[C@H](C)CC(=O)C1=C(OC(=O)C(C)(C)C)C(=O)CCC1. The summed E-state index contributed by atoms with van der Waals surface area (Å²) >= 11 is 0. The van der Waals surface area contributed by atoms with Crippen LogP contribution in [0.5, 0.6) is 0 Å². The van der Waals surface area contributed by atoms with Crippen molar-refractivity contribution in [3.8, 4) is 0 Å². The van der Waals surface area contributed by atoms with Crippen LogP contribution in [0, 0.1) is 11.3 Å². The molecule has 0 fully saturated rings. The van der Waals surface area contributed by atoms with Crippen LogP contribution in [-0.4, -0.2) is 29.2 Å². The second-order valence-electron chi connectivity index (χ2n) is 9.26. The standard InChI is InChI=1S/C22H34O5/c1-9-18(27-22(6,7)8)14(2)13-17(24)15-11-10-12-16(23)19(15)26-20(25)21(3,4)5/h9,14,18H,1,10-13H2,2-8H3/t14-,18-/m1/s1. The lowest BCUT2D eigenvalue weighted by atomic mass is 9.88. The average Bonchev–Trinajstić information content (AvgIpc) is 2.52. The maximum Gasteiger partial charge on any atom is 0.316 e. The third kappa shape index (κ3) is 7.06. The molecule has 27 heavy (non-hydrogen) atoms. The van der Waals surface area contributed by atoms with Crippen LogP contribution in [0.4, 0.5) is 0 Å². The summed E-state index contributed by atoms with van der Waals surface area (Å²) < 4.78 is 11.3. The Morgan fingerprint density at radius 2 is 1.74 bits per heavy atom. The second-order valence-corrected chi connectivity index (χ2v) is 9.26. The van der Waals surface area contributed by atoms with E-state index in [4.69, 9.17) is 9.47 Å². The summed E-state index contributed by atoms with van der Waals surface area (Å²) in [5.74, 6) is -1.13. The fourth-order valence-corrected chi connectivity index (χ4v) is 2.79. The lowest BCUT2D eigenvalue weighted by molar-refractivity contribution is -0.151. The average molecular weight is 379 g/mol. The van der Waals surface area contributed by atoms with E-state index in [2.05, 4.69) is 6.58 Å². The van der Waals surface area contributed by atoms with Crippen LogP contribution in [0.3, 0.4) is 0 Å². The Kier molecular flexibility index (Phi) is 7.73. The lowest BCUT2D eigenvalue weighted by Gasteiger charge is -2.30. The van der Waals surface area contributed by atoms with Crippen molar-refractivity contribution in [1.82, 2.24) is 0 Å². The van der Waals surface area contributed by atoms with E-state index in [-0.39, 0.29) is 41.4 Å². The van der Waals surface area contributed by atoms with E-state index in [9.17, 15) is 14.4 Å². The van der Waals surface area contributed by atoms with Crippen LogP contribution >= 0.6 is 0 Å². The van der Waals surface area contributed by atoms with Crippen LogP contribution in [0.25, 0.3) is 0 Å². The summed E-state index contributed by atoms with van der Waals surface area (Å²) in [5, 5.41) is 0. The number of carbonyl (C=O) groups is 3. The number of ketones is 2. The van der Waals surface area contributed by atoms with Gasteiger partial charge >= 0.3 is 5.97 Å². The van der Waals surface area contributed by atoms with Gasteiger partial charge in [0.2, 0.25) is 0 Å². The van der Waals surface area contributed by atoms with Crippen molar-refractivity contribution in [2.24, 2.45) is 11.3 Å². The first-order valence-electron chi connectivity index (χ1n) is 9.58. The van der Waals surface area contributed by atoms with Gasteiger partial charge in [0, 0.05) is 18.4 Å². The first-order chi connectivity index (χ1) is 12.3. The molecule has 0 heterocycles. The molecule has 0 N–H and O–H groups in total. The third-order valence-electron chi connectivity index (χ3n) is 4.29. The summed E-state index contributed by atoms with van der Waals surface area (Å²) in [6.45, 7) is 16.7. The number of Topliss-reactive ketones (excluding diaryl/α,β-unsaturated/α-hetero) is 2. The number of hydrogen-bond acceptors (Lipinski definition) is 5. The smallest absolute Gasteiger partial charge is 0.316 e. The molecule has 5 nitrogen and oxygen atoms in total. The van der Waals surface area contributed by atoms with Gasteiger partial charge in [-0.3, -0.25) is 14.4 Å². The predicted octanol–water partition coefficient (Wildman–Crippen LogP) is 4.55. The van der Waals surface area contributed by atoms with E-state index >= 15 is 0 Å². The molecule has 0 aliphatic heterocycles. The van der Waals surface area contributed by atoms with Gasteiger partial charge in [-0.05, 0) is 60.3 Å². The minimum Gasteiger partial charge on any atom is -0.422 e. The quantitative estimate of drug-likeness (QED) is 0.480. The Morgan fingerprint density at radius 3 is 2.22 bits per heavy atom. The van der Waals surface area contributed by atoms with Crippen molar-refractivity contribution in [3.05, 3.63) is 24.0 Å². The topological polar surface area (TPSA) is 69.7 Å². The molecule has 152 valence electrons. The van der Waals surface area contributed by atoms with E-state index < -0.39 is 11.4 Å². The summed E-state index contributed by atoms with van der Waals surface area (Å²) in [6, 6.07) is 0. The van der Waals surface area contributed by atoms with Gasteiger partial charge in [0.1, 0.15) is 0 Å². The van der Waals surface area contributed by atoms with Crippen LogP contribution in [-0.2, 0) is 23.9 Å². The minimum atomic E-state index is -0.749. The van der Waals surface area contributed by atoms with E-state index in [0.29, 0.717) is 24.8 Å². The maximum absolute atomic E-state index is 12.9. The Labute approximate surface area is 163 Å². The highest BCUT2D eigenvalue weighted by atomic mass is 16.5. The molecule has 0 aromatic carbocycles. The van der Waals surface area contributed by atoms with Crippen molar-refractivity contribution < 1.29 is 23.9 Å². The number of rotatable bonds is 7. The van der Waals surface area contributed by atoms with Gasteiger partial charge in [-0.15, -0.1) is 6.58 Å². The van der Waals surface area contributed by atoms with Crippen molar-refractivity contribution in [1.29, 1.82) is 0 Å². The van der Waals surface area contributed by atoms with E-state index in [0.717, 1.165) is 0 Å². The maximum atomic E-state index is 12.9. The summed E-state index contributed by atoms with van der Waals surface area (Å²) in [7, 11) is 0. The molecular formula is C22H34O5. The molecule has 0 unspecified atom stereocenters. The van der Waals surface area contributed by atoms with Gasteiger partial charge < -0.3 is 9.47 Å². The number of hydrogen-bond donors (Lipinski definition) is 0. The molecular weight excluding hydrogens is 344 g/mol. The minimum absolute atomic E-state index is 0.0646. The van der Waals surface area contributed by atoms with Gasteiger partial charge in [-0.2, -0.15) is 0 Å². The molecule has 0 aromatic rings. The van der Waals surface area contributed by atoms with Gasteiger partial charge in [0.15, 0.2) is 17.3 Å². The van der Waals surface area contributed by atoms with Gasteiger partial charge in [0.05, 0.1) is 17.1 Å². The first kappa shape index (κ1) is 23.3. The lowest BCUT2D eigenvalue weighted by Crippen LogP contribution is -2.32. The normalized spacial score (nSPS) is 18.1. The van der Waals surface area contributed by atoms with Crippen molar-refractivity contribution in [2.75, 3.05) is 0 Å². The molecule has 0 aromatic heterocycles. The Hall–Kier alpha value is -1.75. The highest BCUT2D eigenvalue weighted by molar-refractivity contribution is 6.07. The monoisotopic (exact) mass is 378 g/mol. The highest BCUT2D eigenvalue weighted by Crippen LogP contribution is 2.29. The molecule has 1 rings (SSSR count). The Morgan fingerprint density at radius 1 is 1.15 bits per heavy atom. The van der Waals surface area contributed by atoms with Crippen LogP contribution in [0.2, 0.25) is 0 Å². The predicted molar refractivity (Wildman–Crippen MR) is 105 cm³/mol. The molecule has 0 amide bonds. The molecule has 1 aliphatic carbocycles. The third-order valence-corrected chi connectivity index (χ3v) is 4.29. The zero-order valence-electron chi connectivity index (χ0n) is 17.8. The molecule has 0 saturated heterocycles. The molecule has 2 atom stereocenters. The highest BCUT2D eigenvalue weighted by Gasteiger charge is 2.33. The van der Waals surface area contributed by atoms with E-state index in [1.165, 1.54) is 0 Å². The fraction of sp³-hybridized carbons (Fsp3) is 0.682. The van der Waals surface area contributed by atoms with Gasteiger partial charge in [-0.1, -0.05) is 13.0 Å². The van der Waals surface area contributed by atoms with Crippen LogP contribution < -0.4 is 0 Å². The Bertz CT molecular complexity index is 628. The molecule has 0 bridgehead atoms. The van der Waals surface area contributed by atoms with Crippen LogP contribution in [0.1, 0.15) is 74.1 Å². The summed E-state index contributed by atoms with van der Waals surface area (Å²) in [4.78, 5) is 37.4. The number of esters is 1. The largest absolute Gasteiger partial charge is 0.422 e. The van der Waals surface area contributed by atoms with Crippen molar-refractivity contribution in [3.63, 3.8) is 0 Å². The summed E-state index contributed by atoms with van der Waals surface area (Å²) in [5.41, 5.74) is -0.779. The zero-order chi connectivity index (χ0) is 21.0. The fourth-order valence-electron chi connectivity index (χ4n) is 2.79. The number of allylic oxidation sites excluding steroid dienone is 2. The van der Waals surface area contributed by atoms with E-state index in [1.54, 1.807) is 26.8 Å². The van der Waals surface area contributed by atoms with Gasteiger partial charge in [0.25, 0.3) is 0 Å². The van der Waals surface area contributed by atoms with Crippen molar-refractivity contribution in [2.45, 2.75) is 85.9 Å². The summed E-state index contributed by atoms with van der Waals surface area (Å²) in [6.07, 6.45) is 2.95. The van der Waals surface area contributed by atoms with Crippen molar-refractivity contribution >= 4 is 17.5 Å². The zero-order valence-corrected chi connectivity index (χ0v) is 17.8.